The molecule has 0 radical (unpaired) electrons. The van der Waals surface area contributed by atoms with Crippen LogP contribution in [0, 0.1) is 5.82 Å². The van der Waals surface area contributed by atoms with Gasteiger partial charge in [0.05, 0.1) is 35.7 Å². The molecule has 0 amide bonds. The predicted octanol–water partition coefficient (Wildman–Crippen LogP) is 3.72. The van der Waals surface area contributed by atoms with Crippen LogP contribution in [0.1, 0.15) is 48.8 Å². The number of hydrogen-bond donors (Lipinski definition) is 1. The van der Waals surface area contributed by atoms with Crippen LogP contribution in [0.15, 0.2) is 30.3 Å². The summed E-state index contributed by atoms with van der Waals surface area (Å²) in [5, 5.41) is 15.3. The summed E-state index contributed by atoms with van der Waals surface area (Å²) >= 11 is 0. The lowest BCUT2D eigenvalue weighted by molar-refractivity contribution is -0.169. The molecule has 0 unspecified atom stereocenters. The van der Waals surface area contributed by atoms with Gasteiger partial charge in [-0.2, -0.15) is 5.10 Å². The van der Waals surface area contributed by atoms with E-state index in [2.05, 4.69) is 9.88 Å². The minimum absolute atomic E-state index is 0.0558. The minimum Gasteiger partial charge on any atom is -0.477 e. The third kappa shape index (κ3) is 3.51. The molecular weight excluding hydrogens is 415 g/mol. The molecule has 8 nitrogen and oxygen atoms in total. The Morgan fingerprint density at radius 1 is 1.16 bits per heavy atom. The molecule has 0 atom stereocenters. The van der Waals surface area contributed by atoms with Crippen molar-refractivity contribution in [1.82, 2.24) is 14.8 Å². The zero-order valence-electron chi connectivity index (χ0n) is 18.0. The second-order valence-electron chi connectivity index (χ2n) is 8.55. The topological polar surface area (TPSA) is 89.7 Å². The molecule has 32 heavy (non-hydrogen) atoms. The Labute approximate surface area is 184 Å². The Hall–Kier alpha value is -3.04. The fourth-order valence-electron chi connectivity index (χ4n) is 4.52. The molecule has 168 valence electrons. The maximum atomic E-state index is 13.5. The normalized spacial score (nSPS) is 18.2. The van der Waals surface area contributed by atoms with E-state index in [-0.39, 0.29) is 17.4 Å². The number of carboxylic acids is 1. The summed E-state index contributed by atoms with van der Waals surface area (Å²) in [4.78, 5) is 18.5. The Morgan fingerprint density at radius 3 is 2.41 bits per heavy atom. The van der Waals surface area contributed by atoms with Crippen molar-refractivity contribution in [2.24, 2.45) is 0 Å². The Balaban J connectivity index is 1.66. The fourth-order valence-corrected chi connectivity index (χ4v) is 4.52. The molecule has 4 heterocycles. The van der Waals surface area contributed by atoms with Crippen molar-refractivity contribution >= 4 is 22.7 Å². The number of anilines is 1. The quantitative estimate of drug-likeness (QED) is 0.661. The Kier molecular flexibility index (Phi) is 5.10. The number of aromatic nitrogens is 3. The number of piperidine rings is 1. The van der Waals surface area contributed by atoms with Crippen LogP contribution >= 0.6 is 0 Å². The van der Waals surface area contributed by atoms with E-state index < -0.39 is 11.8 Å². The van der Waals surface area contributed by atoms with Gasteiger partial charge in [0, 0.05) is 25.9 Å². The first kappa shape index (κ1) is 20.8. The highest BCUT2D eigenvalue weighted by molar-refractivity contribution is 5.98. The second kappa shape index (κ2) is 7.83. The summed E-state index contributed by atoms with van der Waals surface area (Å²) in [6, 6.07) is 7.55. The first-order valence-electron chi connectivity index (χ1n) is 10.8. The molecule has 2 saturated heterocycles. The van der Waals surface area contributed by atoms with Crippen LogP contribution in [0.2, 0.25) is 0 Å². The van der Waals surface area contributed by atoms with Crippen molar-refractivity contribution < 1.29 is 23.8 Å². The lowest BCUT2D eigenvalue weighted by atomic mass is 10.0. The molecule has 2 aromatic heterocycles. The summed E-state index contributed by atoms with van der Waals surface area (Å²) in [5.74, 6) is -1.92. The van der Waals surface area contributed by atoms with Gasteiger partial charge >= 0.3 is 5.97 Å². The minimum atomic E-state index is -1.11. The SMILES string of the molecule is CC(C)c1nn(-c2ccc(F)cc2)c2nc(C(=O)O)cc(N3CCC4(CC3)OCCO4)c12. The highest BCUT2D eigenvalue weighted by Crippen LogP contribution is 2.38. The molecular formula is C23H25FN4O4. The Bertz CT molecular complexity index is 1160. The molecule has 2 aliphatic heterocycles. The molecule has 1 N–H and O–H groups in total. The number of benzene rings is 1. The largest absolute Gasteiger partial charge is 0.477 e. The van der Waals surface area contributed by atoms with Crippen LogP contribution in [-0.2, 0) is 9.47 Å². The summed E-state index contributed by atoms with van der Waals surface area (Å²) in [6.45, 7) is 6.61. The number of rotatable bonds is 4. The fraction of sp³-hybridized carbons (Fsp3) is 0.435. The van der Waals surface area contributed by atoms with Crippen molar-refractivity contribution in [3.8, 4) is 5.69 Å². The number of carboxylic acid groups (broad SMARTS) is 1. The van der Waals surface area contributed by atoms with Gasteiger partial charge in [-0.3, -0.25) is 0 Å². The Morgan fingerprint density at radius 2 is 1.81 bits per heavy atom. The highest BCUT2D eigenvalue weighted by atomic mass is 19.1. The van der Waals surface area contributed by atoms with E-state index in [1.54, 1.807) is 22.9 Å². The molecule has 0 aliphatic carbocycles. The number of ether oxygens (including phenoxy) is 2. The molecule has 2 aliphatic rings. The van der Waals surface area contributed by atoms with Gasteiger partial charge in [0.25, 0.3) is 0 Å². The monoisotopic (exact) mass is 440 g/mol. The summed E-state index contributed by atoms with van der Waals surface area (Å²) in [5.41, 5.74) is 2.62. The van der Waals surface area contributed by atoms with Crippen molar-refractivity contribution in [2.45, 2.75) is 38.4 Å². The average Bonchev–Trinajstić information content (AvgIpc) is 3.39. The molecule has 0 bridgehead atoms. The van der Waals surface area contributed by atoms with Crippen LogP contribution in [-0.4, -0.2) is 57.9 Å². The van der Waals surface area contributed by atoms with E-state index in [1.165, 1.54) is 12.1 Å². The van der Waals surface area contributed by atoms with Crippen molar-refractivity contribution in [2.75, 3.05) is 31.2 Å². The molecule has 1 aromatic carbocycles. The third-order valence-electron chi connectivity index (χ3n) is 6.16. The predicted molar refractivity (Wildman–Crippen MR) is 116 cm³/mol. The van der Waals surface area contributed by atoms with E-state index in [0.29, 0.717) is 50.5 Å². The number of hydrogen-bond acceptors (Lipinski definition) is 6. The van der Waals surface area contributed by atoms with E-state index in [1.807, 2.05) is 13.8 Å². The molecule has 1 spiro atoms. The molecule has 3 aromatic rings. The van der Waals surface area contributed by atoms with E-state index in [9.17, 15) is 14.3 Å². The van der Waals surface area contributed by atoms with Crippen molar-refractivity contribution in [3.63, 3.8) is 0 Å². The van der Waals surface area contributed by atoms with E-state index in [0.717, 1.165) is 16.8 Å². The van der Waals surface area contributed by atoms with Gasteiger partial charge in [0.15, 0.2) is 17.1 Å². The number of aromatic carboxylic acids is 1. The summed E-state index contributed by atoms with van der Waals surface area (Å²) in [7, 11) is 0. The second-order valence-corrected chi connectivity index (χ2v) is 8.55. The number of halogens is 1. The smallest absolute Gasteiger partial charge is 0.354 e. The van der Waals surface area contributed by atoms with Gasteiger partial charge in [-0.05, 0) is 36.2 Å². The van der Waals surface area contributed by atoms with E-state index >= 15 is 0 Å². The zero-order chi connectivity index (χ0) is 22.5. The van der Waals surface area contributed by atoms with Crippen LogP contribution in [0.4, 0.5) is 10.1 Å². The van der Waals surface area contributed by atoms with Gasteiger partial charge in [0.2, 0.25) is 0 Å². The lowest BCUT2D eigenvalue weighted by Gasteiger charge is -2.39. The molecule has 5 rings (SSSR count). The standard InChI is InChI=1S/C23H25FN4O4/c1-14(2)20-19-18(27-9-7-23(8-10-27)31-11-12-32-23)13-17(22(29)30)25-21(19)28(26-20)16-5-3-15(24)4-6-16/h3-6,13-14H,7-12H2,1-2H3,(H,29,30). The number of pyridine rings is 1. The van der Waals surface area contributed by atoms with Gasteiger partial charge in [-0.15, -0.1) is 0 Å². The first-order chi connectivity index (χ1) is 15.4. The maximum absolute atomic E-state index is 13.5. The first-order valence-corrected chi connectivity index (χ1v) is 10.8. The molecule has 2 fully saturated rings. The molecule has 0 saturated carbocycles. The van der Waals surface area contributed by atoms with Crippen LogP contribution in [0.3, 0.4) is 0 Å². The highest BCUT2D eigenvalue weighted by Gasteiger charge is 2.40. The van der Waals surface area contributed by atoms with Gasteiger partial charge < -0.3 is 19.5 Å². The van der Waals surface area contributed by atoms with Crippen LogP contribution < -0.4 is 4.90 Å². The van der Waals surface area contributed by atoms with Crippen LogP contribution in [0.5, 0.6) is 0 Å². The number of nitrogens with zero attached hydrogens (tertiary/aromatic N) is 4. The zero-order valence-corrected chi connectivity index (χ0v) is 18.0. The number of carbonyl (C=O) groups is 1. The van der Waals surface area contributed by atoms with Crippen molar-refractivity contribution in [1.29, 1.82) is 0 Å². The summed E-state index contributed by atoms with van der Waals surface area (Å²) in [6.07, 6.45) is 1.39. The average molecular weight is 440 g/mol. The van der Waals surface area contributed by atoms with Gasteiger partial charge in [0.1, 0.15) is 5.82 Å². The third-order valence-corrected chi connectivity index (χ3v) is 6.16. The maximum Gasteiger partial charge on any atom is 0.354 e. The van der Waals surface area contributed by atoms with Crippen LogP contribution in [0.25, 0.3) is 16.7 Å². The lowest BCUT2D eigenvalue weighted by Crippen LogP contribution is -2.45. The number of fused-ring (bicyclic) bond motifs is 1. The van der Waals surface area contributed by atoms with Crippen molar-refractivity contribution in [3.05, 3.63) is 47.5 Å². The van der Waals surface area contributed by atoms with Gasteiger partial charge in [-0.25, -0.2) is 18.9 Å². The van der Waals surface area contributed by atoms with E-state index in [4.69, 9.17) is 14.6 Å². The summed E-state index contributed by atoms with van der Waals surface area (Å²) < 4.78 is 26.8. The van der Waals surface area contributed by atoms with Gasteiger partial charge in [-0.1, -0.05) is 13.8 Å². The molecule has 9 heteroatoms.